The van der Waals surface area contributed by atoms with Crippen LogP contribution in [-0.2, 0) is 16.2 Å². The quantitative estimate of drug-likeness (QED) is 0.170. The number of pyridine rings is 3. The number of benzene rings is 2. The van der Waals surface area contributed by atoms with Crippen LogP contribution in [0, 0.1) is 6.92 Å². The Bertz CT molecular complexity index is 1930. The van der Waals surface area contributed by atoms with Gasteiger partial charge in [-0.25, -0.2) is 9.97 Å². The Hall–Kier alpha value is -5.32. The van der Waals surface area contributed by atoms with E-state index in [1.165, 1.54) is 23.4 Å². The van der Waals surface area contributed by atoms with Gasteiger partial charge >= 0.3 is 0 Å². The van der Waals surface area contributed by atoms with Crippen LogP contribution in [0.3, 0.4) is 0 Å². The van der Waals surface area contributed by atoms with Crippen molar-refractivity contribution in [2.75, 3.05) is 23.8 Å². The van der Waals surface area contributed by atoms with Gasteiger partial charge in [0.05, 0.1) is 22.8 Å². The van der Waals surface area contributed by atoms with E-state index in [0.29, 0.717) is 39.0 Å². The zero-order valence-corrected chi connectivity index (χ0v) is 26.3. The molecular formula is C34H28Cl2N6O4. The van der Waals surface area contributed by atoms with Gasteiger partial charge in [0, 0.05) is 53.4 Å². The number of ether oxygens (including phenoxy) is 1. The van der Waals surface area contributed by atoms with Crippen molar-refractivity contribution in [3.63, 3.8) is 0 Å². The molecule has 0 spiro atoms. The molecule has 0 fully saturated rings. The number of likely N-dealkylation sites (N-methyl/N-ethyl adjacent to an activating group) is 1. The Morgan fingerprint density at radius 1 is 0.978 bits per heavy atom. The number of carbonyl (C=O) groups is 3. The Kier molecular flexibility index (Phi) is 10.2. The van der Waals surface area contributed by atoms with Crippen molar-refractivity contribution in [1.29, 1.82) is 0 Å². The van der Waals surface area contributed by atoms with E-state index in [1.807, 2.05) is 37.3 Å². The molecule has 3 heterocycles. The van der Waals surface area contributed by atoms with Crippen LogP contribution in [0.15, 0.2) is 91.4 Å². The first-order chi connectivity index (χ1) is 22.2. The van der Waals surface area contributed by atoms with Crippen molar-refractivity contribution in [3.05, 3.63) is 124 Å². The number of nitrogens with zero attached hydrogens (tertiary/aromatic N) is 4. The molecule has 3 amide bonds. The number of aryl methyl sites for hydroxylation is 1. The number of carbonyl (C=O) groups excluding carboxylic acids is 3. The van der Waals surface area contributed by atoms with Crippen LogP contribution in [0.1, 0.15) is 27.2 Å². The fourth-order valence-electron chi connectivity index (χ4n) is 4.37. The number of nitrogens with one attached hydrogen (secondary N) is 2. The third-order valence-electron chi connectivity index (χ3n) is 6.89. The first-order valence-electron chi connectivity index (χ1n) is 14.1. The second-order valence-electron chi connectivity index (χ2n) is 10.1. The molecule has 2 N–H and O–H groups in total. The Morgan fingerprint density at radius 3 is 2.59 bits per heavy atom. The van der Waals surface area contributed by atoms with E-state index in [4.69, 9.17) is 27.9 Å². The summed E-state index contributed by atoms with van der Waals surface area (Å²) in [5.41, 5.74) is 3.53. The molecule has 0 bridgehead atoms. The van der Waals surface area contributed by atoms with Gasteiger partial charge in [0.15, 0.2) is 0 Å². The number of amides is 3. The molecule has 0 saturated heterocycles. The molecule has 0 aliphatic rings. The predicted molar refractivity (Wildman–Crippen MR) is 179 cm³/mol. The van der Waals surface area contributed by atoms with Gasteiger partial charge in [-0.15, -0.1) is 0 Å². The van der Waals surface area contributed by atoms with Gasteiger partial charge in [0.1, 0.15) is 23.7 Å². The van der Waals surface area contributed by atoms with Crippen LogP contribution in [0.4, 0.5) is 11.5 Å². The zero-order valence-electron chi connectivity index (χ0n) is 24.8. The standard InChI is InChI=1S/C34H28Cl2N6O4/c1-21-8-11-23-5-3-7-28(33(23)40-21)46-20-25-26(35)12-13-27(32(25)36)42(2)31(44)19-39-30(43)15-10-22-9-14-29(38-17-22)41-34(45)24-6-4-16-37-18-24/h3-18H,19-20H2,1-2H3,(H,39,43)(H,38,41,45). The maximum Gasteiger partial charge on any atom is 0.258 e. The molecule has 5 rings (SSSR count). The van der Waals surface area contributed by atoms with E-state index in [-0.39, 0.29) is 24.1 Å². The van der Waals surface area contributed by atoms with Crippen LogP contribution in [-0.4, -0.2) is 46.3 Å². The number of hydrogen-bond acceptors (Lipinski definition) is 7. The van der Waals surface area contributed by atoms with Crippen LogP contribution < -0.4 is 20.3 Å². The molecule has 0 radical (unpaired) electrons. The Labute approximate surface area is 275 Å². The minimum Gasteiger partial charge on any atom is -0.487 e. The smallest absolute Gasteiger partial charge is 0.258 e. The highest BCUT2D eigenvalue weighted by Crippen LogP contribution is 2.35. The van der Waals surface area contributed by atoms with Gasteiger partial charge < -0.3 is 20.3 Å². The summed E-state index contributed by atoms with van der Waals surface area (Å²) in [7, 11) is 1.56. The highest BCUT2D eigenvalue weighted by Gasteiger charge is 2.19. The summed E-state index contributed by atoms with van der Waals surface area (Å²) < 4.78 is 6.08. The average Bonchev–Trinajstić information content (AvgIpc) is 3.07. The maximum absolute atomic E-state index is 13.0. The molecule has 232 valence electrons. The number of halogens is 2. The van der Waals surface area contributed by atoms with E-state index in [9.17, 15) is 14.4 Å². The molecule has 12 heteroatoms. The molecule has 46 heavy (non-hydrogen) atoms. The molecule has 10 nitrogen and oxygen atoms in total. The SMILES string of the molecule is Cc1ccc2cccc(OCc3c(Cl)ccc(N(C)C(=O)CNC(=O)C=Cc4ccc(NC(=O)c5cccnc5)nc4)c3Cl)c2n1. The lowest BCUT2D eigenvalue weighted by Gasteiger charge is -2.21. The van der Waals surface area contributed by atoms with E-state index >= 15 is 0 Å². The molecule has 0 saturated carbocycles. The fraction of sp³-hybridized carbons (Fsp3) is 0.118. The highest BCUT2D eigenvalue weighted by atomic mass is 35.5. The number of rotatable bonds is 10. The number of aromatic nitrogens is 3. The average molecular weight is 656 g/mol. The molecule has 3 aromatic heterocycles. The normalized spacial score (nSPS) is 11.0. The topological polar surface area (TPSA) is 126 Å². The number of anilines is 2. The van der Waals surface area contributed by atoms with Gasteiger partial charge in [-0.1, -0.05) is 41.4 Å². The van der Waals surface area contributed by atoms with E-state index in [0.717, 1.165) is 16.6 Å². The van der Waals surface area contributed by atoms with Gasteiger partial charge in [0.2, 0.25) is 11.8 Å². The fourth-order valence-corrected chi connectivity index (χ4v) is 4.98. The van der Waals surface area contributed by atoms with E-state index in [1.54, 1.807) is 55.7 Å². The lowest BCUT2D eigenvalue weighted by molar-refractivity contribution is -0.122. The maximum atomic E-state index is 13.0. The summed E-state index contributed by atoms with van der Waals surface area (Å²) in [6, 6.07) is 19.4. The summed E-state index contributed by atoms with van der Waals surface area (Å²) in [6.45, 7) is 1.68. The monoisotopic (exact) mass is 654 g/mol. The zero-order chi connectivity index (χ0) is 32.6. The lowest BCUT2D eigenvalue weighted by Crippen LogP contribution is -2.37. The minimum absolute atomic E-state index is 0.0521. The first kappa shape index (κ1) is 32.1. The third-order valence-corrected chi connectivity index (χ3v) is 7.66. The van der Waals surface area contributed by atoms with Crippen LogP contribution in [0.5, 0.6) is 5.75 Å². The number of hydrogen-bond donors (Lipinski definition) is 2. The van der Waals surface area contributed by atoms with Crippen molar-refractivity contribution in [2.24, 2.45) is 0 Å². The van der Waals surface area contributed by atoms with Crippen molar-refractivity contribution < 1.29 is 19.1 Å². The summed E-state index contributed by atoms with van der Waals surface area (Å²) in [5, 5.41) is 6.83. The van der Waals surface area contributed by atoms with Crippen molar-refractivity contribution >= 4 is 69.4 Å². The van der Waals surface area contributed by atoms with Gasteiger partial charge in [-0.2, -0.15) is 0 Å². The van der Waals surface area contributed by atoms with Crippen LogP contribution >= 0.6 is 23.2 Å². The van der Waals surface area contributed by atoms with E-state index in [2.05, 4.69) is 25.6 Å². The minimum atomic E-state index is -0.481. The van der Waals surface area contributed by atoms with Gasteiger partial charge in [0.25, 0.3) is 5.91 Å². The van der Waals surface area contributed by atoms with Crippen molar-refractivity contribution in [3.8, 4) is 5.75 Å². The van der Waals surface area contributed by atoms with E-state index < -0.39 is 11.8 Å². The largest absolute Gasteiger partial charge is 0.487 e. The summed E-state index contributed by atoms with van der Waals surface area (Å²) in [5.74, 6) is -0.290. The predicted octanol–water partition coefficient (Wildman–Crippen LogP) is 6.26. The highest BCUT2D eigenvalue weighted by molar-refractivity contribution is 6.38. The summed E-state index contributed by atoms with van der Waals surface area (Å²) >= 11 is 13.2. The summed E-state index contributed by atoms with van der Waals surface area (Å²) in [6.07, 6.45) is 7.36. The number of fused-ring (bicyclic) bond motifs is 1. The van der Waals surface area contributed by atoms with Crippen molar-refractivity contribution in [2.45, 2.75) is 13.5 Å². The molecule has 0 aliphatic carbocycles. The lowest BCUT2D eigenvalue weighted by atomic mass is 10.1. The molecule has 0 aliphatic heterocycles. The second-order valence-corrected chi connectivity index (χ2v) is 10.9. The van der Waals surface area contributed by atoms with Gasteiger partial charge in [-0.05, 0) is 67.1 Å². The van der Waals surface area contributed by atoms with Crippen molar-refractivity contribution in [1.82, 2.24) is 20.3 Å². The third kappa shape index (κ3) is 7.84. The molecular weight excluding hydrogens is 627 g/mol. The number of para-hydroxylation sites is 1. The van der Waals surface area contributed by atoms with Crippen LogP contribution in [0.2, 0.25) is 10.0 Å². The Balaban J connectivity index is 1.16. The first-order valence-corrected chi connectivity index (χ1v) is 14.8. The summed E-state index contributed by atoms with van der Waals surface area (Å²) in [4.78, 5) is 51.7. The Morgan fingerprint density at radius 2 is 1.83 bits per heavy atom. The van der Waals surface area contributed by atoms with Crippen LogP contribution in [0.25, 0.3) is 17.0 Å². The molecule has 5 aromatic rings. The van der Waals surface area contributed by atoms with Gasteiger partial charge in [-0.3, -0.25) is 19.4 Å². The molecule has 2 aromatic carbocycles. The second kappa shape index (κ2) is 14.6. The molecule has 0 atom stereocenters. The molecule has 0 unspecified atom stereocenters.